The second-order valence-corrected chi connectivity index (χ2v) is 14.4. The number of Topliss-reactive ketones (excluding diaryl/α,β-unsaturated/α-hetero) is 1. The van der Waals surface area contributed by atoms with Crippen LogP contribution in [0.1, 0.15) is 63.6 Å². The molecular weight excluding hydrogens is 544 g/mol. The fraction of sp³-hybridized carbons (Fsp3) is 0.529. The van der Waals surface area contributed by atoms with E-state index in [1.807, 2.05) is 47.3 Å². The smallest absolute Gasteiger partial charge is 0.175 e. The molecule has 0 saturated heterocycles. The minimum absolute atomic E-state index is 0.0693. The van der Waals surface area contributed by atoms with E-state index in [0.29, 0.717) is 25.8 Å². The Labute approximate surface area is 251 Å². The molecule has 42 heavy (non-hydrogen) atoms. The summed E-state index contributed by atoms with van der Waals surface area (Å²) in [6, 6.07) is 14.1. The van der Waals surface area contributed by atoms with Crippen molar-refractivity contribution in [1.29, 1.82) is 5.26 Å². The van der Waals surface area contributed by atoms with Crippen LogP contribution in [0.3, 0.4) is 0 Å². The van der Waals surface area contributed by atoms with E-state index in [1.165, 1.54) is 22.9 Å². The molecule has 2 N–H and O–H groups in total. The van der Waals surface area contributed by atoms with Gasteiger partial charge in [-0.15, -0.1) is 0 Å². The van der Waals surface area contributed by atoms with Crippen LogP contribution in [0.4, 0.5) is 0 Å². The molecule has 7 atom stereocenters. The summed E-state index contributed by atoms with van der Waals surface area (Å²) in [4.78, 5) is 18.5. The number of pyridine rings is 1. The molecule has 0 spiro atoms. The molecule has 2 heterocycles. The first-order valence-corrected chi connectivity index (χ1v) is 16.2. The highest BCUT2D eigenvalue weighted by Crippen LogP contribution is 2.67. The molecule has 8 heteroatoms. The molecule has 3 aromatic rings. The quantitative estimate of drug-likeness (QED) is 0.365. The Morgan fingerprint density at radius 1 is 1.21 bits per heavy atom. The number of ketones is 1. The lowest BCUT2D eigenvalue weighted by Crippen LogP contribution is -2.62. The number of para-hydroxylation sites is 1. The maximum Gasteiger partial charge on any atom is 0.175 e. The molecule has 0 bridgehead atoms. The summed E-state index contributed by atoms with van der Waals surface area (Å²) >= 11 is 1.39. The second kappa shape index (κ2) is 10.0. The van der Waals surface area contributed by atoms with Gasteiger partial charge in [0.05, 0.1) is 53.3 Å². The monoisotopic (exact) mass is 582 g/mol. The van der Waals surface area contributed by atoms with Gasteiger partial charge in [0, 0.05) is 10.8 Å². The van der Waals surface area contributed by atoms with E-state index < -0.39 is 17.1 Å². The van der Waals surface area contributed by atoms with E-state index in [9.17, 15) is 15.0 Å². The Kier molecular flexibility index (Phi) is 6.65. The molecule has 7 rings (SSSR count). The lowest BCUT2D eigenvalue weighted by molar-refractivity contribution is -0.177. The second-order valence-electron chi connectivity index (χ2n) is 13.4. The van der Waals surface area contributed by atoms with Crippen molar-refractivity contribution in [1.82, 2.24) is 14.8 Å². The first-order chi connectivity index (χ1) is 20.2. The zero-order chi connectivity index (χ0) is 29.3. The fourth-order valence-corrected chi connectivity index (χ4v) is 10.3. The Hall–Kier alpha value is -2.99. The number of aliphatic hydroxyl groups is 2. The number of hydrogen-bond acceptors (Lipinski definition) is 7. The maximum absolute atomic E-state index is 13.8. The average molecular weight is 583 g/mol. The predicted octanol–water partition coefficient (Wildman–Crippen LogP) is 5.59. The standard InChI is InChI=1S/C34H38N4O3S/c1-32-17-22-19-36-38(15-5-14-35)27(22)16-23(32)9-10-24-25-12-13-34(41,33(25,2)18-28(39)31(24)32)29(40)20-42-30-11-8-21-6-3-4-7-26(21)37-30/h3-4,6-8,11,16,19,24-25,28,31,39,41H,5,9-10,12-13,15,17-18,20H2,1-2H3/t24?,25?,28-,31?,32?,33?,34-/m0/s1. The number of nitrogens with zero attached hydrogens (tertiary/aromatic N) is 4. The van der Waals surface area contributed by atoms with Gasteiger partial charge in [0.2, 0.25) is 0 Å². The summed E-state index contributed by atoms with van der Waals surface area (Å²) in [6.07, 6.45) is 8.42. The lowest BCUT2D eigenvalue weighted by atomic mass is 9.45. The van der Waals surface area contributed by atoms with Crippen LogP contribution in [-0.2, 0) is 17.8 Å². The largest absolute Gasteiger partial charge is 0.393 e. The van der Waals surface area contributed by atoms with Crippen molar-refractivity contribution in [3.05, 3.63) is 59.4 Å². The van der Waals surface area contributed by atoms with Crippen LogP contribution in [0, 0.1) is 39.9 Å². The van der Waals surface area contributed by atoms with Gasteiger partial charge < -0.3 is 10.2 Å². The number of hydrogen-bond donors (Lipinski definition) is 2. The van der Waals surface area contributed by atoms with Gasteiger partial charge in [-0.2, -0.15) is 10.4 Å². The number of carbonyl (C=O) groups is 1. The third-order valence-corrected chi connectivity index (χ3v) is 12.4. The summed E-state index contributed by atoms with van der Waals surface area (Å²) < 4.78 is 1.94. The lowest BCUT2D eigenvalue weighted by Gasteiger charge is -2.60. The molecule has 7 nitrogen and oxygen atoms in total. The Morgan fingerprint density at radius 2 is 2.05 bits per heavy atom. The van der Waals surface area contributed by atoms with Crippen LogP contribution in [-0.4, -0.2) is 48.2 Å². The summed E-state index contributed by atoms with van der Waals surface area (Å²) in [5.41, 5.74) is 2.23. The number of nitriles is 1. The van der Waals surface area contributed by atoms with Crippen LogP contribution in [0.25, 0.3) is 17.0 Å². The van der Waals surface area contributed by atoms with Gasteiger partial charge >= 0.3 is 0 Å². The number of aliphatic hydroxyl groups excluding tert-OH is 1. The van der Waals surface area contributed by atoms with Gasteiger partial charge in [-0.3, -0.25) is 9.48 Å². The van der Waals surface area contributed by atoms with Crippen LogP contribution in [0.5, 0.6) is 0 Å². The van der Waals surface area contributed by atoms with E-state index >= 15 is 0 Å². The summed E-state index contributed by atoms with van der Waals surface area (Å²) in [6.45, 7) is 4.95. The van der Waals surface area contributed by atoms with E-state index in [0.717, 1.165) is 47.3 Å². The zero-order valence-electron chi connectivity index (χ0n) is 24.3. The number of thioether (sulfide) groups is 1. The molecule has 2 aromatic heterocycles. The molecule has 0 radical (unpaired) electrons. The first kappa shape index (κ1) is 27.8. The third kappa shape index (κ3) is 4.04. The Balaban J connectivity index is 1.12. The van der Waals surface area contributed by atoms with Crippen molar-refractivity contribution >= 4 is 34.5 Å². The highest BCUT2D eigenvalue weighted by molar-refractivity contribution is 7.99. The number of aryl methyl sites for hydroxylation is 1. The van der Waals surface area contributed by atoms with Gasteiger partial charge in [0.1, 0.15) is 5.60 Å². The van der Waals surface area contributed by atoms with Crippen molar-refractivity contribution in [2.45, 2.75) is 82.1 Å². The molecular formula is C34H38N4O3S. The van der Waals surface area contributed by atoms with Crippen molar-refractivity contribution < 1.29 is 15.0 Å². The van der Waals surface area contributed by atoms with E-state index in [-0.39, 0.29) is 34.7 Å². The first-order valence-electron chi connectivity index (χ1n) is 15.2. The van der Waals surface area contributed by atoms with E-state index in [2.05, 4.69) is 31.1 Å². The molecule has 4 aliphatic rings. The van der Waals surface area contributed by atoms with Gasteiger partial charge in [0.25, 0.3) is 0 Å². The van der Waals surface area contributed by atoms with Crippen LogP contribution in [0.2, 0.25) is 0 Å². The number of allylic oxidation sites excluding steroid dienone is 1. The van der Waals surface area contributed by atoms with Crippen molar-refractivity contribution in [3.8, 4) is 6.07 Å². The summed E-state index contributed by atoms with van der Waals surface area (Å²) in [7, 11) is 0. The topological polar surface area (TPSA) is 112 Å². The number of rotatable bonds is 6. The molecule has 0 aliphatic heterocycles. The highest BCUT2D eigenvalue weighted by Gasteiger charge is 2.68. The number of aromatic nitrogens is 3. The number of carbonyl (C=O) groups excluding carboxylic acids is 1. The van der Waals surface area contributed by atoms with Crippen LogP contribution >= 0.6 is 11.8 Å². The molecule has 3 saturated carbocycles. The maximum atomic E-state index is 13.8. The van der Waals surface area contributed by atoms with E-state index in [1.54, 1.807) is 0 Å². The normalized spacial score (nSPS) is 35.0. The van der Waals surface area contributed by atoms with E-state index in [4.69, 9.17) is 10.2 Å². The van der Waals surface area contributed by atoms with Crippen molar-refractivity contribution in [3.63, 3.8) is 0 Å². The van der Waals surface area contributed by atoms with Gasteiger partial charge in [0.15, 0.2) is 5.78 Å². The van der Waals surface area contributed by atoms with Gasteiger partial charge in [-0.1, -0.05) is 55.4 Å². The van der Waals surface area contributed by atoms with Gasteiger partial charge in [-0.25, -0.2) is 4.98 Å². The van der Waals surface area contributed by atoms with Crippen molar-refractivity contribution in [2.75, 3.05) is 5.75 Å². The van der Waals surface area contributed by atoms with Crippen LogP contribution < -0.4 is 0 Å². The molecule has 218 valence electrons. The SMILES string of the molecule is CC12Cc3cnn(CCC#N)c3C=C1CCC1C2[C@@H](O)CC2(C)C1CC[C@]2(O)C(=O)CSc1ccc2ccccc2n1. The van der Waals surface area contributed by atoms with Crippen LogP contribution in [0.15, 0.2) is 53.2 Å². The zero-order valence-corrected chi connectivity index (χ0v) is 25.1. The summed E-state index contributed by atoms with van der Waals surface area (Å²) in [5.74, 6) is 0.513. The third-order valence-electron chi connectivity index (χ3n) is 11.5. The predicted molar refractivity (Wildman–Crippen MR) is 162 cm³/mol. The highest BCUT2D eigenvalue weighted by atomic mass is 32.2. The molecule has 3 fully saturated rings. The minimum Gasteiger partial charge on any atom is -0.393 e. The molecule has 4 aliphatic carbocycles. The van der Waals surface area contributed by atoms with Gasteiger partial charge in [-0.05, 0) is 85.5 Å². The molecule has 0 amide bonds. The minimum atomic E-state index is -1.45. The Morgan fingerprint density at radius 3 is 2.88 bits per heavy atom. The van der Waals surface area contributed by atoms with Crippen molar-refractivity contribution in [2.24, 2.45) is 28.6 Å². The average Bonchev–Trinajstić information content (AvgIpc) is 3.49. The Bertz CT molecular complexity index is 1640. The molecule has 5 unspecified atom stereocenters. The number of benzene rings is 1. The summed E-state index contributed by atoms with van der Waals surface area (Å²) in [5, 5.41) is 39.5. The molecule has 1 aromatic carbocycles. The number of fused-ring (bicyclic) bond motifs is 7. The fourth-order valence-electron chi connectivity index (χ4n) is 9.42.